The van der Waals surface area contributed by atoms with Gasteiger partial charge in [-0.05, 0) is 25.6 Å². The molecule has 1 aromatic heterocycles. The molecule has 0 saturated carbocycles. The molecular weight excluding hydrogens is 214 g/mol. The first-order chi connectivity index (χ1) is 6.90. The van der Waals surface area contributed by atoms with Gasteiger partial charge >= 0.3 is 0 Å². The van der Waals surface area contributed by atoms with Crippen LogP contribution < -0.4 is 5.32 Å². The number of nitrogens with zero attached hydrogens (tertiary/aromatic N) is 2. The number of rotatable bonds is 4. The molecule has 1 unspecified atom stereocenters. The van der Waals surface area contributed by atoms with E-state index in [1.807, 2.05) is 18.8 Å². The Labute approximate surface area is 92.7 Å². The van der Waals surface area contributed by atoms with E-state index in [-0.39, 0.29) is 0 Å². The normalized spacial score (nSPS) is 21.6. The molecule has 0 aliphatic carbocycles. The third-order valence-corrected chi connectivity index (χ3v) is 4.91. The first-order valence-corrected chi connectivity index (χ1v) is 6.85. The van der Waals surface area contributed by atoms with E-state index in [1.165, 1.54) is 28.6 Å². The summed E-state index contributed by atoms with van der Waals surface area (Å²) in [6, 6.07) is 0. The Balaban J connectivity index is 1.94. The maximum atomic E-state index is 4.27. The molecule has 0 spiro atoms. The highest BCUT2D eigenvalue weighted by molar-refractivity contribution is 7.99. The second-order valence-electron chi connectivity index (χ2n) is 3.39. The fourth-order valence-electron chi connectivity index (χ4n) is 1.50. The summed E-state index contributed by atoms with van der Waals surface area (Å²) in [5.41, 5.74) is 0. The lowest BCUT2D eigenvalue weighted by Gasteiger charge is -2.00. The average molecular weight is 229 g/mol. The number of likely N-dealkylation sites (N-methyl/N-ethyl adjacent to an activating group) is 1. The van der Waals surface area contributed by atoms with E-state index in [1.54, 1.807) is 11.3 Å². The minimum atomic E-state index is 0.635. The van der Waals surface area contributed by atoms with Crippen LogP contribution >= 0.6 is 23.1 Å². The summed E-state index contributed by atoms with van der Waals surface area (Å²) in [6.45, 7) is 0.993. The fraction of sp³-hybridized carbons (Fsp3) is 0.778. The lowest BCUT2D eigenvalue weighted by Crippen LogP contribution is -2.09. The smallest absolute Gasteiger partial charge is 0.130 e. The number of aromatic nitrogens is 2. The Morgan fingerprint density at radius 3 is 3.14 bits per heavy atom. The van der Waals surface area contributed by atoms with Crippen LogP contribution in [0.25, 0.3) is 0 Å². The number of hydrogen-bond acceptors (Lipinski definition) is 5. The number of nitrogens with one attached hydrogen (secondary N) is 1. The van der Waals surface area contributed by atoms with Crippen LogP contribution in [0.1, 0.15) is 28.1 Å². The summed E-state index contributed by atoms with van der Waals surface area (Å²) < 4.78 is 0. The Morgan fingerprint density at radius 1 is 1.50 bits per heavy atom. The van der Waals surface area contributed by atoms with E-state index in [9.17, 15) is 0 Å². The maximum absolute atomic E-state index is 4.27. The number of hydrogen-bond donors (Lipinski definition) is 1. The highest BCUT2D eigenvalue weighted by atomic mass is 32.2. The second-order valence-corrected chi connectivity index (χ2v) is 5.79. The molecule has 1 aliphatic heterocycles. The molecule has 0 radical (unpaired) electrons. The van der Waals surface area contributed by atoms with Gasteiger partial charge < -0.3 is 5.32 Å². The van der Waals surface area contributed by atoms with Crippen LogP contribution in [0.3, 0.4) is 0 Å². The van der Waals surface area contributed by atoms with Crippen LogP contribution in [0.4, 0.5) is 0 Å². The van der Waals surface area contributed by atoms with Crippen LogP contribution in [0.2, 0.25) is 0 Å². The van der Waals surface area contributed by atoms with Crippen molar-refractivity contribution in [1.82, 2.24) is 15.5 Å². The monoisotopic (exact) mass is 229 g/mol. The Kier molecular flexibility index (Phi) is 3.78. The summed E-state index contributed by atoms with van der Waals surface area (Å²) in [7, 11) is 1.97. The zero-order valence-electron chi connectivity index (χ0n) is 8.32. The molecule has 1 aromatic rings. The minimum absolute atomic E-state index is 0.635. The van der Waals surface area contributed by atoms with E-state index in [2.05, 4.69) is 15.5 Å². The van der Waals surface area contributed by atoms with Gasteiger partial charge in [0.2, 0.25) is 0 Å². The van der Waals surface area contributed by atoms with Gasteiger partial charge in [-0.25, -0.2) is 0 Å². The van der Waals surface area contributed by atoms with Gasteiger partial charge in [-0.2, -0.15) is 11.8 Å². The second kappa shape index (κ2) is 5.09. The van der Waals surface area contributed by atoms with Gasteiger partial charge in [0.25, 0.3) is 0 Å². The van der Waals surface area contributed by atoms with Gasteiger partial charge in [0.05, 0.1) is 5.25 Å². The van der Waals surface area contributed by atoms with E-state index in [0.29, 0.717) is 5.25 Å². The van der Waals surface area contributed by atoms with Crippen LogP contribution in [0.5, 0.6) is 0 Å². The van der Waals surface area contributed by atoms with Gasteiger partial charge in [0.15, 0.2) is 0 Å². The Hall–Kier alpha value is -0.130. The molecule has 1 atom stereocenters. The highest BCUT2D eigenvalue weighted by Gasteiger charge is 2.21. The molecule has 1 saturated heterocycles. The van der Waals surface area contributed by atoms with E-state index >= 15 is 0 Å². The summed E-state index contributed by atoms with van der Waals surface area (Å²) in [6.07, 6.45) is 3.62. The zero-order chi connectivity index (χ0) is 9.80. The predicted molar refractivity (Wildman–Crippen MR) is 62.0 cm³/mol. The molecule has 5 heteroatoms. The van der Waals surface area contributed by atoms with Crippen LogP contribution in [-0.4, -0.2) is 29.5 Å². The molecule has 1 N–H and O–H groups in total. The van der Waals surface area contributed by atoms with E-state index < -0.39 is 0 Å². The van der Waals surface area contributed by atoms with Gasteiger partial charge in [0.1, 0.15) is 10.0 Å². The van der Waals surface area contributed by atoms with Gasteiger partial charge in [-0.15, -0.1) is 21.5 Å². The van der Waals surface area contributed by atoms with Crippen LogP contribution in [-0.2, 0) is 6.42 Å². The molecule has 14 heavy (non-hydrogen) atoms. The molecule has 2 heterocycles. The predicted octanol–water partition coefficient (Wildman–Crippen LogP) is 1.87. The average Bonchev–Trinajstić information content (AvgIpc) is 2.85. The van der Waals surface area contributed by atoms with Crippen molar-refractivity contribution >= 4 is 23.1 Å². The van der Waals surface area contributed by atoms with Crippen molar-refractivity contribution in [3.8, 4) is 0 Å². The van der Waals surface area contributed by atoms with Crippen molar-refractivity contribution in [3.63, 3.8) is 0 Å². The van der Waals surface area contributed by atoms with Crippen LogP contribution in [0, 0.1) is 0 Å². The van der Waals surface area contributed by atoms with E-state index in [4.69, 9.17) is 0 Å². The van der Waals surface area contributed by atoms with E-state index in [0.717, 1.165) is 13.0 Å². The lowest BCUT2D eigenvalue weighted by atomic mass is 10.3. The molecular formula is C9H15N3S2. The van der Waals surface area contributed by atoms with Crippen molar-refractivity contribution in [3.05, 3.63) is 10.0 Å². The van der Waals surface area contributed by atoms with Crippen molar-refractivity contribution in [2.75, 3.05) is 19.3 Å². The molecule has 1 aliphatic rings. The molecule has 2 rings (SSSR count). The molecule has 0 bridgehead atoms. The SMILES string of the molecule is CNCCc1nnc(C2CCCS2)s1. The summed E-state index contributed by atoms with van der Waals surface area (Å²) >= 11 is 3.81. The minimum Gasteiger partial charge on any atom is -0.319 e. The largest absolute Gasteiger partial charge is 0.319 e. The highest BCUT2D eigenvalue weighted by Crippen LogP contribution is 2.40. The lowest BCUT2D eigenvalue weighted by molar-refractivity contribution is 0.771. The molecule has 1 fully saturated rings. The van der Waals surface area contributed by atoms with Gasteiger partial charge in [-0.3, -0.25) is 0 Å². The fourth-order valence-corrected chi connectivity index (χ4v) is 3.85. The molecule has 78 valence electrons. The third-order valence-electron chi connectivity index (χ3n) is 2.28. The Bertz CT molecular complexity index is 281. The molecule has 0 amide bonds. The third kappa shape index (κ3) is 2.46. The van der Waals surface area contributed by atoms with Crippen molar-refractivity contribution < 1.29 is 0 Å². The quantitative estimate of drug-likeness (QED) is 0.855. The first kappa shape index (κ1) is 10.4. The van der Waals surface area contributed by atoms with Crippen LogP contribution in [0.15, 0.2) is 0 Å². The van der Waals surface area contributed by atoms with Crippen molar-refractivity contribution in [2.24, 2.45) is 0 Å². The summed E-state index contributed by atoms with van der Waals surface area (Å²) in [4.78, 5) is 0. The first-order valence-electron chi connectivity index (χ1n) is 4.98. The zero-order valence-corrected chi connectivity index (χ0v) is 9.96. The van der Waals surface area contributed by atoms with Crippen molar-refractivity contribution in [2.45, 2.75) is 24.5 Å². The topological polar surface area (TPSA) is 37.8 Å². The standard InChI is InChI=1S/C9H15N3S2/c1-10-5-4-8-11-12-9(14-8)7-3-2-6-13-7/h7,10H,2-6H2,1H3. The number of thioether (sulfide) groups is 1. The summed E-state index contributed by atoms with van der Waals surface area (Å²) in [5.74, 6) is 1.29. The molecule has 3 nitrogen and oxygen atoms in total. The maximum Gasteiger partial charge on any atom is 0.130 e. The molecule has 0 aromatic carbocycles. The van der Waals surface area contributed by atoms with Gasteiger partial charge in [0, 0.05) is 13.0 Å². The Morgan fingerprint density at radius 2 is 2.43 bits per heavy atom. The van der Waals surface area contributed by atoms with Gasteiger partial charge in [-0.1, -0.05) is 0 Å². The van der Waals surface area contributed by atoms with Crippen molar-refractivity contribution in [1.29, 1.82) is 0 Å². The summed E-state index contributed by atoms with van der Waals surface area (Å²) in [5, 5.41) is 14.7.